The quantitative estimate of drug-likeness (QED) is 0.653. The summed E-state index contributed by atoms with van der Waals surface area (Å²) in [4.78, 5) is 10.3. The van der Waals surface area contributed by atoms with Crippen LogP contribution in [0.5, 0.6) is 0 Å². The zero-order valence-electron chi connectivity index (χ0n) is 13.5. The first kappa shape index (κ1) is 16.0. The number of nitrogens with zero attached hydrogens (tertiary/aromatic N) is 1. The summed E-state index contributed by atoms with van der Waals surface area (Å²) in [6, 6.07) is 5.26. The van der Waals surface area contributed by atoms with Crippen molar-refractivity contribution in [1.29, 1.82) is 0 Å². The minimum Gasteiger partial charge on any atom is -0.258 e. The molecule has 1 aromatic rings. The molecule has 4 bridgehead atoms. The van der Waals surface area contributed by atoms with E-state index in [9.17, 15) is 18.5 Å². The average Bonchev–Trinajstić information content (AvgIpc) is 2.52. The summed E-state index contributed by atoms with van der Waals surface area (Å²) in [7, 11) is -3.71. The lowest BCUT2D eigenvalue weighted by atomic mass is 9.50. The van der Waals surface area contributed by atoms with E-state index in [-0.39, 0.29) is 16.0 Å². The summed E-state index contributed by atoms with van der Waals surface area (Å²) in [6.45, 7) is 0.460. The van der Waals surface area contributed by atoms with Gasteiger partial charge in [0, 0.05) is 18.7 Å². The molecular weight excluding hydrogens is 328 g/mol. The van der Waals surface area contributed by atoms with E-state index in [0.717, 1.165) is 43.1 Å². The fourth-order valence-corrected chi connectivity index (χ4v) is 6.80. The normalized spacial score (nSPS) is 34.4. The lowest BCUT2D eigenvalue weighted by Gasteiger charge is -2.56. The fourth-order valence-electron chi connectivity index (χ4n) is 5.60. The van der Waals surface area contributed by atoms with Crippen molar-refractivity contribution in [3.05, 3.63) is 34.4 Å². The lowest BCUT2D eigenvalue weighted by Crippen LogP contribution is -2.51. The van der Waals surface area contributed by atoms with Crippen molar-refractivity contribution in [1.82, 2.24) is 4.72 Å². The summed E-state index contributed by atoms with van der Waals surface area (Å²) in [5.74, 6) is 2.29. The van der Waals surface area contributed by atoms with Gasteiger partial charge in [0.2, 0.25) is 10.0 Å². The number of benzene rings is 1. The number of sulfonamides is 1. The molecule has 0 saturated heterocycles. The van der Waals surface area contributed by atoms with E-state index in [4.69, 9.17) is 0 Å². The maximum Gasteiger partial charge on any atom is 0.270 e. The summed E-state index contributed by atoms with van der Waals surface area (Å²) >= 11 is 0. The van der Waals surface area contributed by atoms with Gasteiger partial charge in [-0.1, -0.05) is 6.07 Å². The van der Waals surface area contributed by atoms with Crippen LogP contribution in [0.1, 0.15) is 38.5 Å². The standard InChI is InChI=1S/C17H22N2O4S/c20-19(21)15-2-1-3-16(7-15)24(22,23)18-11-17-8-12-4-13(9-17)6-14(5-12)10-17/h1-3,7,12-14,18H,4-6,8-11H2. The van der Waals surface area contributed by atoms with Gasteiger partial charge >= 0.3 is 0 Å². The Morgan fingerprint density at radius 1 is 1.12 bits per heavy atom. The largest absolute Gasteiger partial charge is 0.270 e. The monoisotopic (exact) mass is 350 g/mol. The molecule has 5 rings (SSSR count). The molecule has 7 heteroatoms. The van der Waals surface area contributed by atoms with Gasteiger partial charge in [0.25, 0.3) is 5.69 Å². The third kappa shape index (κ3) is 2.84. The van der Waals surface area contributed by atoms with Crippen molar-refractivity contribution in [2.24, 2.45) is 23.2 Å². The van der Waals surface area contributed by atoms with E-state index in [0.29, 0.717) is 6.54 Å². The Morgan fingerprint density at radius 2 is 1.71 bits per heavy atom. The highest BCUT2D eigenvalue weighted by Crippen LogP contribution is 2.59. The molecule has 4 fully saturated rings. The van der Waals surface area contributed by atoms with Crippen molar-refractivity contribution in [3.63, 3.8) is 0 Å². The van der Waals surface area contributed by atoms with E-state index in [1.807, 2.05) is 0 Å². The Kier molecular flexibility index (Phi) is 3.69. The molecule has 4 saturated carbocycles. The Hall–Kier alpha value is -1.47. The molecule has 0 aromatic heterocycles. The molecule has 1 aromatic carbocycles. The van der Waals surface area contributed by atoms with E-state index in [1.54, 1.807) is 0 Å². The minimum absolute atomic E-state index is 0.0265. The molecule has 24 heavy (non-hydrogen) atoms. The number of hydrogen-bond acceptors (Lipinski definition) is 4. The first-order valence-electron chi connectivity index (χ1n) is 8.59. The van der Waals surface area contributed by atoms with Crippen LogP contribution in [-0.2, 0) is 10.0 Å². The second-order valence-corrected chi connectivity index (χ2v) is 9.76. The number of nitro groups is 1. The molecule has 0 spiro atoms. The second-order valence-electron chi connectivity index (χ2n) is 8.00. The third-order valence-corrected chi connectivity index (χ3v) is 7.54. The number of hydrogen-bond donors (Lipinski definition) is 1. The smallest absolute Gasteiger partial charge is 0.258 e. The van der Waals surface area contributed by atoms with E-state index in [2.05, 4.69) is 4.72 Å². The Labute approximate surface area is 141 Å². The van der Waals surface area contributed by atoms with Gasteiger partial charge in [0.1, 0.15) is 0 Å². The number of rotatable bonds is 5. The lowest BCUT2D eigenvalue weighted by molar-refractivity contribution is -0.385. The van der Waals surface area contributed by atoms with Gasteiger partial charge in [0.15, 0.2) is 0 Å². The van der Waals surface area contributed by atoms with E-state index in [1.165, 1.54) is 37.5 Å². The molecule has 0 atom stereocenters. The number of nitrogens with one attached hydrogen (secondary N) is 1. The maximum absolute atomic E-state index is 12.6. The molecule has 0 aliphatic heterocycles. The van der Waals surface area contributed by atoms with Crippen molar-refractivity contribution >= 4 is 15.7 Å². The van der Waals surface area contributed by atoms with Crippen molar-refractivity contribution in [2.45, 2.75) is 43.4 Å². The van der Waals surface area contributed by atoms with Crippen LogP contribution in [-0.4, -0.2) is 19.9 Å². The highest BCUT2D eigenvalue weighted by molar-refractivity contribution is 7.89. The highest BCUT2D eigenvalue weighted by atomic mass is 32.2. The SMILES string of the molecule is O=[N+]([O-])c1cccc(S(=O)(=O)NCC23CC4CC(CC(C4)C2)C3)c1. The van der Waals surface area contributed by atoms with Crippen LogP contribution in [0.15, 0.2) is 29.2 Å². The fraction of sp³-hybridized carbons (Fsp3) is 0.647. The number of nitro benzene ring substituents is 1. The topological polar surface area (TPSA) is 89.3 Å². The minimum atomic E-state index is -3.71. The van der Waals surface area contributed by atoms with E-state index < -0.39 is 14.9 Å². The molecule has 6 nitrogen and oxygen atoms in total. The van der Waals surface area contributed by atoms with Gasteiger partial charge in [-0.2, -0.15) is 0 Å². The zero-order valence-corrected chi connectivity index (χ0v) is 14.3. The molecule has 130 valence electrons. The molecule has 0 radical (unpaired) electrons. The second kappa shape index (κ2) is 5.52. The highest BCUT2D eigenvalue weighted by Gasteiger charge is 2.50. The third-order valence-electron chi connectivity index (χ3n) is 6.14. The first-order chi connectivity index (χ1) is 11.4. The predicted molar refractivity (Wildman–Crippen MR) is 88.9 cm³/mol. The van der Waals surface area contributed by atoms with Gasteiger partial charge in [-0.25, -0.2) is 13.1 Å². The Bertz CT molecular complexity index is 739. The summed E-state index contributed by atoms with van der Waals surface area (Å²) < 4.78 is 27.9. The van der Waals surface area contributed by atoms with Crippen LogP contribution in [0.2, 0.25) is 0 Å². The van der Waals surface area contributed by atoms with Crippen LogP contribution in [0, 0.1) is 33.3 Å². The summed E-state index contributed by atoms with van der Waals surface area (Å²) in [6.07, 6.45) is 7.31. The van der Waals surface area contributed by atoms with Crippen molar-refractivity contribution in [3.8, 4) is 0 Å². The molecule has 0 amide bonds. The summed E-state index contributed by atoms with van der Waals surface area (Å²) in [5.41, 5.74) is -0.101. The van der Waals surface area contributed by atoms with Gasteiger partial charge < -0.3 is 0 Å². The summed E-state index contributed by atoms with van der Waals surface area (Å²) in [5, 5.41) is 10.9. The van der Waals surface area contributed by atoms with Gasteiger partial charge in [0.05, 0.1) is 9.82 Å². The van der Waals surface area contributed by atoms with Crippen LogP contribution >= 0.6 is 0 Å². The van der Waals surface area contributed by atoms with Crippen LogP contribution < -0.4 is 4.72 Å². The molecule has 4 aliphatic rings. The molecule has 4 aliphatic carbocycles. The van der Waals surface area contributed by atoms with Gasteiger partial charge in [-0.05, 0) is 67.8 Å². The predicted octanol–water partition coefficient (Wildman–Crippen LogP) is 3.09. The Morgan fingerprint density at radius 3 is 2.25 bits per heavy atom. The first-order valence-corrected chi connectivity index (χ1v) is 10.1. The van der Waals surface area contributed by atoms with Crippen LogP contribution in [0.4, 0.5) is 5.69 Å². The van der Waals surface area contributed by atoms with Crippen molar-refractivity contribution in [2.75, 3.05) is 6.54 Å². The Balaban J connectivity index is 1.51. The van der Waals surface area contributed by atoms with Crippen LogP contribution in [0.25, 0.3) is 0 Å². The van der Waals surface area contributed by atoms with Gasteiger partial charge in [-0.15, -0.1) is 0 Å². The van der Waals surface area contributed by atoms with E-state index >= 15 is 0 Å². The average molecular weight is 350 g/mol. The van der Waals surface area contributed by atoms with Crippen LogP contribution in [0.3, 0.4) is 0 Å². The zero-order chi connectivity index (χ0) is 16.9. The molecule has 0 unspecified atom stereocenters. The molecule has 0 heterocycles. The number of non-ortho nitro benzene ring substituents is 1. The molecule has 1 N–H and O–H groups in total. The van der Waals surface area contributed by atoms with Crippen molar-refractivity contribution < 1.29 is 13.3 Å². The van der Waals surface area contributed by atoms with Gasteiger partial charge in [-0.3, -0.25) is 10.1 Å². The molecular formula is C17H22N2O4S. The maximum atomic E-state index is 12.6.